The van der Waals surface area contributed by atoms with Gasteiger partial charge in [-0.3, -0.25) is 4.79 Å². The highest BCUT2D eigenvalue weighted by molar-refractivity contribution is 5.76. The van der Waals surface area contributed by atoms with Crippen LogP contribution in [0.4, 0.5) is 0 Å². The van der Waals surface area contributed by atoms with Gasteiger partial charge >= 0.3 is 0 Å². The Kier molecular flexibility index (Phi) is 42.2. The smallest absolute Gasteiger partial charge is 0.220 e. The lowest BCUT2D eigenvalue weighted by molar-refractivity contribution is -0.302. The van der Waals surface area contributed by atoms with Crippen molar-refractivity contribution in [1.29, 1.82) is 0 Å². The van der Waals surface area contributed by atoms with E-state index in [1.807, 2.05) is 0 Å². The van der Waals surface area contributed by atoms with Gasteiger partial charge in [0, 0.05) is 6.42 Å². The standard InChI is InChI=1S/C54H103NO8/c1-3-5-7-9-11-13-15-17-19-21-22-23-24-25-26-28-30-32-34-36-38-40-42-44-50(58)55-47(46-62-54-53(61)52(60)51(59)49(45-56)63-54)48(57)43-41-39-37-35-33-31-29-27-20-18-16-14-12-10-8-6-4-2/h15,17,21-22,47-49,51-54,56-57,59-61H,3-14,16,18-20,23-46H2,1-2H3,(H,55,58)/b17-15-,22-21-. The van der Waals surface area contributed by atoms with Crippen molar-refractivity contribution in [2.75, 3.05) is 13.2 Å². The molecule has 0 aromatic carbocycles. The van der Waals surface area contributed by atoms with E-state index in [1.54, 1.807) is 0 Å². The van der Waals surface area contributed by atoms with Gasteiger partial charge in [0.15, 0.2) is 6.29 Å². The minimum atomic E-state index is -1.55. The highest BCUT2D eigenvalue weighted by atomic mass is 16.7. The minimum absolute atomic E-state index is 0.136. The molecule has 1 amide bonds. The van der Waals surface area contributed by atoms with Gasteiger partial charge in [0.1, 0.15) is 24.4 Å². The lowest BCUT2D eigenvalue weighted by Gasteiger charge is -2.40. The Morgan fingerprint density at radius 2 is 0.937 bits per heavy atom. The molecule has 9 heteroatoms. The molecule has 0 bridgehead atoms. The molecule has 0 aliphatic carbocycles. The van der Waals surface area contributed by atoms with E-state index in [0.717, 1.165) is 44.9 Å². The Labute approximate surface area is 388 Å². The van der Waals surface area contributed by atoms with E-state index in [-0.39, 0.29) is 12.5 Å². The van der Waals surface area contributed by atoms with E-state index >= 15 is 0 Å². The van der Waals surface area contributed by atoms with Gasteiger partial charge in [-0.15, -0.1) is 0 Å². The molecule has 7 unspecified atom stereocenters. The molecule has 0 radical (unpaired) electrons. The van der Waals surface area contributed by atoms with Crippen molar-refractivity contribution in [2.24, 2.45) is 0 Å². The fourth-order valence-corrected chi connectivity index (χ4v) is 8.72. The van der Waals surface area contributed by atoms with Crippen molar-refractivity contribution in [1.82, 2.24) is 5.32 Å². The van der Waals surface area contributed by atoms with Crippen LogP contribution < -0.4 is 5.32 Å². The van der Waals surface area contributed by atoms with E-state index in [9.17, 15) is 30.3 Å². The van der Waals surface area contributed by atoms with E-state index in [2.05, 4.69) is 43.5 Å². The summed E-state index contributed by atoms with van der Waals surface area (Å²) in [6.45, 7) is 3.85. The van der Waals surface area contributed by atoms with Gasteiger partial charge in [-0.05, 0) is 44.9 Å². The number of carbonyl (C=O) groups excluding carboxylic acids is 1. The van der Waals surface area contributed by atoms with Crippen molar-refractivity contribution in [3.63, 3.8) is 0 Å². The Morgan fingerprint density at radius 3 is 1.37 bits per heavy atom. The number of carbonyl (C=O) groups is 1. The molecule has 7 atom stereocenters. The van der Waals surface area contributed by atoms with Crippen LogP contribution in [0, 0.1) is 0 Å². The molecule has 1 fully saturated rings. The first-order chi connectivity index (χ1) is 30.8. The SMILES string of the molecule is CCCCCCC/C=C\C/C=C\CCCCCCCCCCCCCC(=O)NC(COC1OC(CO)C(O)C(O)C1O)C(O)CCCCCCCCCCCCCCCCCCC. The van der Waals surface area contributed by atoms with E-state index in [1.165, 1.54) is 186 Å². The number of aliphatic hydroxyl groups excluding tert-OH is 5. The molecular formula is C54H103NO8. The van der Waals surface area contributed by atoms with Crippen molar-refractivity contribution >= 4 is 5.91 Å². The molecule has 63 heavy (non-hydrogen) atoms. The van der Waals surface area contributed by atoms with Gasteiger partial charge in [0.25, 0.3) is 0 Å². The first-order valence-electron chi connectivity index (χ1n) is 27.0. The summed E-state index contributed by atoms with van der Waals surface area (Å²) in [4.78, 5) is 13.0. The Hall–Kier alpha value is -1.33. The summed E-state index contributed by atoms with van der Waals surface area (Å²) in [5.41, 5.74) is 0. The summed E-state index contributed by atoms with van der Waals surface area (Å²) in [6, 6.07) is -0.718. The maximum absolute atomic E-state index is 13.0. The van der Waals surface area contributed by atoms with Crippen LogP contribution in [-0.4, -0.2) is 87.5 Å². The first-order valence-corrected chi connectivity index (χ1v) is 27.0. The van der Waals surface area contributed by atoms with Crippen LogP contribution in [0.3, 0.4) is 0 Å². The third-order valence-corrected chi connectivity index (χ3v) is 13.1. The van der Waals surface area contributed by atoms with Gasteiger partial charge in [-0.2, -0.15) is 0 Å². The topological polar surface area (TPSA) is 149 Å². The molecule has 0 saturated carbocycles. The predicted molar refractivity (Wildman–Crippen MR) is 263 cm³/mol. The highest BCUT2D eigenvalue weighted by Gasteiger charge is 2.44. The normalized spacial score (nSPS) is 20.3. The second-order valence-electron chi connectivity index (χ2n) is 19.0. The summed E-state index contributed by atoms with van der Waals surface area (Å²) in [7, 11) is 0. The molecule has 0 aromatic rings. The highest BCUT2D eigenvalue weighted by Crippen LogP contribution is 2.23. The van der Waals surface area contributed by atoms with E-state index < -0.39 is 49.5 Å². The summed E-state index contributed by atoms with van der Waals surface area (Å²) in [6.07, 6.45) is 47.6. The molecule has 9 nitrogen and oxygen atoms in total. The van der Waals surface area contributed by atoms with Gasteiger partial charge in [0.05, 0.1) is 25.4 Å². The molecule has 0 aromatic heterocycles. The van der Waals surface area contributed by atoms with E-state index in [4.69, 9.17) is 9.47 Å². The third kappa shape index (κ3) is 34.6. The predicted octanol–water partition coefficient (Wildman–Crippen LogP) is 12.6. The van der Waals surface area contributed by atoms with Crippen LogP contribution >= 0.6 is 0 Å². The number of allylic oxidation sites excluding steroid dienone is 4. The summed E-state index contributed by atoms with van der Waals surface area (Å²) >= 11 is 0. The van der Waals surface area contributed by atoms with Gasteiger partial charge < -0.3 is 40.3 Å². The maximum atomic E-state index is 13.0. The molecule has 6 N–H and O–H groups in total. The number of unbranched alkanes of at least 4 members (excludes halogenated alkanes) is 32. The monoisotopic (exact) mass is 894 g/mol. The zero-order valence-electron chi connectivity index (χ0n) is 41.1. The van der Waals surface area contributed by atoms with Gasteiger partial charge in [-0.1, -0.05) is 231 Å². The average Bonchev–Trinajstić information content (AvgIpc) is 3.28. The lowest BCUT2D eigenvalue weighted by Crippen LogP contribution is -2.60. The quantitative estimate of drug-likeness (QED) is 0.0261. The minimum Gasteiger partial charge on any atom is -0.394 e. The van der Waals surface area contributed by atoms with Crippen molar-refractivity contribution in [3.05, 3.63) is 24.3 Å². The van der Waals surface area contributed by atoms with Crippen molar-refractivity contribution in [2.45, 2.75) is 301 Å². The molecule has 1 rings (SSSR count). The van der Waals surface area contributed by atoms with Crippen molar-refractivity contribution < 1.29 is 39.8 Å². The number of hydrogen-bond donors (Lipinski definition) is 6. The first kappa shape index (κ1) is 59.7. The number of nitrogens with one attached hydrogen (secondary N) is 1. The molecule has 1 aliphatic rings. The zero-order valence-corrected chi connectivity index (χ0v) is 41.1. The fraction of sp³-hybridized carbons (Fsp3) is 0.907. The molecular weight excluding hydrogens is 791 g/mol. The largest absolute Gasteiger partial charge is 0.394 e. The summed E-state index contributed by atoms with van der Waals surface area (Å²) in [5.74, 6) is -0.144. The Balaban J connectivity index is 2.23. The number of amides is 1. The number of rotatable bonds is 46. The van der Waals surface area contributed by atoms with Crippen LogP contribution in [-0.2, 0) is 14.3 Å². The Bertz CT molecular complexity index is 1040. The lowest BCUT2D eigenvalue weighted by atomic mass is 9.99. The van der Waals surface area contributed by atoms with Gasteiger partial charge in [0.2, 0.25) is 5.91 Å². The fourth-order valence-electron chi connectivity index (χ4n) is 8.72. The molecule has 372 valence electrons. The zero-order chi connectivity index (χ0) is 45.9. The number of aliphatic hydroxyl groups is 5. The third-order valence-electron chi connectivity index (χ3n) is 13.1. The Morgan fingerprint density at radius 1 is 0.540 bits per heavy atom. The average molecular weight is 894 g/mol. The number of ether oxygens (including phenoxy) is 2. The molecule has 1 saturated heterocycles. The van der Waals surface area contributed by atoms with Crippen LogP contribution in [0.1, 0.15) is 258 Å². The van der Waals surface area contributed by atoms with Crippen molar-refractivity contribution in [3.8, 4) is 0 Å². The summed E-state index contributed by atoms with van der Waals surface area (Å²) < 4.78 is 11.3. The number of hydrogen-bond acceptors (Lipinski definition) is 8. The van der Waals surface area contributed by atoms with Crippen LogP contribution in [0.15, 0.2) is 24.3 Å². The van der Waals surface area contributed by atoms with Crippen LogP contribution in [0.5, 0.6) is 0 Å². The molecule has 0 spiro atoms. The summed E-state index contributed by atoms with van der Waals surface area (Å²) in [5, 5.41) is 54.6. The molecule has 1 heterocycles. The van der Waals surface area contributed by atoms with Crippen LogP contribution in [0.2, 0.25) is 0 Å². The maximum Gasteiger partial charge on any atom is 0.220 e. The van der Waals surface area contributed by atoms with Crippen LogP contribution in [0.25, 0.3) is 0 Å². The second kappa shape index (κ2) is 44.5. The van der Waals surface area contributed by atoms with E-state index in [0.29, 0.717) is 12.8 Å². The second-order valence-corrected chi connectivity index (χ2v) is 19.0. The molecule has 1 aliphatic heterocycles. The van der Waals surface area contributed by atoms with Gasteiger partial charge in [-0.25, -0.2) is 0 Å².